The van der Waals surface area contributed by atoms with Gasteiger partial charge in [0.15, 0.2) is 6.04 Å². The summed E-state index contributed by atoms with van der Waals surface area (Å²) in [4.78, 5) is 35.0. The van der Waals surface area contributed by atoms with Crippen molar-refractivity contribution < 1.29 is 24.6 Å². The zero-order chi connectivity index (χ0) is 13.7. The highest BCUT2D eigenvalue weighted by Gasteiger charge is 2.26. The number of carboxylic acids is 1. The quantitative estimate of drug-likeness (QED) is 0.603. The fourth-order valence-electron chi connectivity index (χ4n) is 1.50. The van der Waals surface area contributed by atoms with Gasteiger partial charge in [0.25, 0.3) is 5.24 Å². The van der Waals surface area contributed by atoms with Crippen LogP contribution < -0.4 is 5.32 Å². The van der Waals surface area contributed by atoms with E-state index in [9.17, 15) is 19.5 Å². The molecule has 1 aliphatic heterocycles. The van der Waals surface area contributed by atoms with Crippen molar-refractivity contribution in [2.45, 2.75) is 25.5 Å². The van der Waals surface area contributed by atoms with Gasteiger partial charge in [-0.15, -0.1) is 0 Å². The Balaban J connectivity index is 2.36. The Hall–Kier alpha value is -1.28. The third-order valence-electron chi connectivity index (χ3n) is 2.52. The minimum atomic E-state index is -1.32. The first kappa shape index (κ1) is 14.8. The van der Waals surface area contributed by atoms with Crippen molar-refractivity contribution >= 4 is 28.9 Å². The van der Waals surface area contributed by atoms with E-state index in [1.807, 2.05) is 0 Å². The number of hydrogen-bond acceptors (Lipinski definition) is 5. The topological polar surface area (TPSA) is 107 Å². The highest BCUT2D eigenvalue weighted by Crippen LogP contribution is 2.16. The second-order valence-electron chi connectivity index (χ2n) is 3.98. The summed E-state index contributed by atoms with van der Waals surface area (Å²) >= 11 is 1.20. The second-order valence-corrected chi connectivity index (χ2v) is 5.02. The molecule has 8 heteroatoms. The minimum absolute atomic E-state index is 0.0306. The molecule has 2 atom stereocenters. The van der Waals surface area contributed by atoms with E-state index in [4.69, 9.17) is 5.11 Å². The molecule has 0 aromatic rings. The number of carbonyl (C=O) groups is 3. The number of carboxylic acid groups (broad SMARTS) is 1. The SMILES string of the molecule is CC(O)C(NC(=O)CCN1CCSC1=O)C(=O)O. The Morgan fingerprint density at radius 2 is 2.22 bits per heavy atom. The van der Waals surface area contributed by atoms with Crippen LogP contribution in [-0.2, 0) is 9.59 Å². The van der Waals surface area contributed by atoms with Crippen LogP contribution in [0.1, 0.15) is 13.3 Å². The first-order valence-corrected chi connectivity index (χ1v) is 6.52. The number of aliphatic carboxylic acids is 1. The van der Waals surface area contributed by atoms with Crippen LogP contribution in [0, 0.1) is 0 Å². The Bertz CT molecular complexity index is 347. The summed E-state index contributed by atoms with van der Waals surface area (Å²) in [5, 5.41) is 20.1. The average molecular weight is 276 g/mol. The highest BCUT2D eigenvalue weighted by molar-refractivity contribution is 8.13. The predicted octanol–water partition coefficient (Wildman–Crippen LogP) is -0.504. The number of amides is 2. The van der Waals surface area contributed by atoms with Crippen LogP contribution >= 0.6 is 11.8 Å². The average Bonchev–Trinajstić information content (AvgIpc) is 2.68. The maximum atomic E-state index is 11.5. The molecular weight excluding hydrogens is 260 g/mol. The minimum Gasteiger partial charge on any atom is -0.480 e. The molecule has 1 fully saturated rings. The predicted molar refractivity (Wildman–Crippen MR) is 65.3 cm³/mol. The van der Waals surface area contributed by atoms with E-state index < -0.39 is 24.0 Å². The molecule has 0 aromatic carbocycles. The molecule has 1 aliphatic rings. The molecule has 102 valence electrons. The van der Waals surface area contributed by atoms with E-state index in [0.717, 1.165) is 0 Å². The zero-order valence-corrected chi connectivity index (χ0v) is 10.8. The van der Waals surface area contributed by atoms with Gasteiger partial charge in [-0.25, -0.2) is 4.79 Å². The van der Waals surface area contributed by atoms with Gasteiger partial charge >= 0.3 is 5.97 Å². The summed E-state index contributed by atoms with van der Waals surface area (Å²) in [5.41, 5.74) is 0. The van der Waals surface area contributed by atoms with Crippen LogP contribution in [0.4, 0.5) is 4.79 Å². The van der Waals surface area contributed by atoms with Gasteiger partial charge in [-0.05, 0) is 6.92 Å². The molecule has 0 saturated carbocycles. The fourth-order valence-corrected chi connectivity index (χ4v) is 2.35. The van der Waals surface area contributed by atoms with Crippen molar-refractivity contribution in [2.24, 2.45) is 0 Å². The van der Waals surface area contributed by atoms with E-state index >= 15 is 0 Å². The van der Waals surface area contributed by atoms with Crippen LogP contribution in [0.3, 0.4) is 0 Å². The number of rotatable bonds is 6. The number of aliphatic hydroxyl groups excluding tert-OH is 1. The maximum absolute atomic E-state index is 11.5. The highest BCUT2D eigenvalue weighted by atomic mass is 32.2. The van der Waals surface area contributed by atoms with Crippen molar-refractivity contribution in [2.75, 3.05) is 18.8 Å². The third kappa shape index (κ3) is 4.19. The number of aliphatic hydroxyl groups is 1. The summed E-state index contributed by atoms with van der Waals surface area (Å²) in [5.74, 6) is -1.06. The Labute approximate surface area is 109 Å². The monoisotopic (exact) mass is 276 g/mol. The molecule has 18 heavy (non-hydrogen) atoms. The number of carbonyl (C=O) groups excluding carboxylic acids is 2. The van der Waals surface area contributed by atoms with Crippen LogP contribution in [0.15, 0.2) is 0 Å². The lowest BCUT2D eigenvalue weighted by molar-refractivity contribution is -0.144. The molecule has 1 rings (SSSR count). The van der Waals surface area contributed by atoms with E-state index in [1.165, 1.54) is 18.7 Å². The molecule has 0 aromatic heterocycles. The van der Waals surface area contributed by atoms with Gasteiger partial charge in [-0.1, -0.05) is 11.8 Å². The lowest BCUT2D eigenvalue weighted by Gasteiger charge is -2.18. The van der Waals surface area contributed by atoms with Gasteiger partial charge in [0.1, 0.15) is 0 Å². The van der Waals surface area contributed by atoms with E-state index in [2.05, 4.69) is 5.32 Å². The van der Waals surface area contributed by atoms with Gasteiger partial charge in [-0.2, -0.15) is 0 Å². The molecular formula is C10H16N2O5S. The molecule has 7 nitrogen and oxygen atoms in total. The number of thioether (sulfide) groups is 1. The zero-order valence-electron chi connectivity index (χ0n) is 9.96. The summed E-state index contributed by atoms with van der Waals surface area (Å²) in [6.07, 6.45) is -1.14. The second kappa shape index (κ2) is 6.60. The molecule has 0 aliphatic carbocycles. The molecule has 2 amide bonds. The lowest BCUT2D eigenvalue weighted by atomic mass is 10.2. The van der Waals surface area contributed by atoms with E-state index in [-0.39, 0.29) is 18.2 Å². The molecule has 3 N–H and O–H groups in total. The van der Waals surface area contributed by atoms with Gasteiger partial charge in [-0.3, -0.25) is 9.59 Å². The Morgan fingerprint density at radius 3 is 2.67 bits per heavy atom. The smallest absolute Gasteiger partial charge is 0.328 e. The van der Waals surface area contributed by atoms with Crippen LogP contribution in [0.2, 0.25) is 0 Å². The van der Waals surface area contributed by atoms with E-state index in [0.29, 0.717) is 12.3 Å². The lowest BCUT2D eigenvalue weighted by Crippen LogP contribution is -2.48. The molecule has 1 heterocycles. The van der Waals surface area contributed by atoms with Crippen LogP contribution in [-0.4, -0.2) is 63.2 Å². The number of nitrogens with one attached hydrogen (secondary N) is 1. The van der Waals surface area contributed by atoms with Gasteiger partial charge in [0, 0.05) is 25.3 Å². The van der Waals surface area contributed by atoms with Gasteiger partial charge in [0.2, 0.25) is 5.91 Å². The normalized spacial score (nSPS) is 18.6. The fraction of sp³-hybridized carbons (Fsp3) is 0.700. The molecule has 0 radical (unpaired) electrons. The van der Waals surface area contributed by atoms with Crippen molar-refractivity contribution in [3.8, 4) is 0 Å². The summed E-state index contributed by atoms with van der Waals surface area (Å²) in [6.45, 7) is 2.17. The van der Waals surface area contributed by atoms with Crippen molar-refractivity contribution in [3.05, 3.63) is 0 Å². The summed E-state index contributed by atoms with van der Waals surface area (Å²) < 4.78 is 0. The number of hydrogen-bond donors (Lipinski definition) is 3. The summed E-state index contributed by atoms with van der Waals surface area (Å²) in [6, 6.07) is -1.32. The Kier molecular flexibility index (Phi) is 5.42. The van der Waals surface area contributed by atoms with Crippen molar-refractivity contribution in [1.29, 1.82) is 0 Å². The molecule has 0 spiro atoms. The van der Waals surface area contributed by atoms with E-state index in [1.54, 1.807) is 4.90 Å². The first-order valence-electron chi connectivity index (χ1n) is 5.53. The maximum Gasteiger partial charge on any atom is 0.328 e. The Morgan fingerprint density at radius 1 is 1.56 bits per heavy atom. The van der Waals surface area contributed by atoms with Crippen LogP contribution in [0.5, 0.6) is 0 Å². The van der Waals surface area contributed by atoms with Crippen molar-refractivity contribution in [3.63, 3.8) is 0 Å². The largest absolute Gasteiger partial charge is 0.480 e. The molecule has 1 saturated heterocycles. The molecule has 2 unspecified atom stereocenters. The van der Waals surface area contributed by atoms with Crippen LogP contribution in [0.25, 0.3) is 0 Å². The third-order valence-corrected chi connectivity index (χ3v) is 3.41. The van der Waals surface area contributed by atoms with Crippen molar-refractivity contribution in [1.82, 2.24) is 10.2 Å². The molecule has 0 bridgehead atoms. The standard InChI is InChI=1S/C10H16N2O5S/c1-6(13)8(9(15)16)11-7(14)2-3-12-4-5-18-10(12)17/h6,8,13H,2-5H2,1H3,(H,11,14)(H,15,16). The number of nitrogens with zero attached hydrogens (tertiary/aromatic N) is 1. The first-order chi connectivity index (χ1) is 8.41. The van der Waals surface area contributed by atoms with Gasteiger partial charge < -0.3 is 20.4 Å². The summed E-state index contributed by atoms with van der Waals surface area (Å²) in [7, 11) is 0. The van der Waals surface area contributed by atoms with Gasteiger partial charge in [0.05, 0.1) is 6.10 Å².